The van der Waals surface area contributed by atoms with Crippen LogP contribution in [-0.4, -0.2) is 50.2 Å². The largest absolute Gasteiger partial charge is 0.369 e. The lowest BCUT2D eigenvalue weighted by atomic mass is 9.47. The molecular formula is C23H29Cl3N4O4S. The Bertz CT molecular complexity index is 1140. The summed E-state index contributed by atoms with van der Waals surface area (Å²) >= 11 is 18.6. The Hall–Kier alpha value is -1.26. The molecule has 12 heteroatoms. The third-order valence-electron chi connectivity index (χ3n) is 8.27. The maximum absolute atomic E-state index is 13.5. The number of carbonyl (C=O) groups excluding carboxylic acids is 2. The predicted octanol–water partition coefficient (Wildman–Crippen LogP) is 3.45. The molecule has 0 radical (unpaired) electrons. The first-order chi connectivity index (χ1) is 16.4. The molecule has 8 nitrogen and oxygen atoms in total. The number of amides is 2. The van der Waals surface area contributed by atoms with Gasteiger partial charge in [0.1, 0.15) is 0 Å². The summed E-state index contributed by atoms with van der Waals surface area (Å²) in [5.41, 5.74) is 5.48. The van der Waals surface area contributed by atoms with Crippen molar-refractivity contribution < 1.29 is 18.0 Å². The molecule has 5 fully saturated rings. The van der Waals surface area contributed by atoms with Gasteiger partial charge in [0.25, 0.3) is 0 Å². The van der Waals surface area contributed by atoms with E-state index in [1.54, 1.807) is 0 Å². The molecule has 192 valence electrons. The van der Waals surface area contributed by atoms with Crippen LogP contribution in [0.15, 0.2) is 12.1 Å². The van der Waals surface area contributed by atoms with E-state index in [1.165, 1.54) is 16.4 Å². The van der Waals surface area contributed by atoms with Crippen molar-refractivity contribution in [1.82, 2.24) is 9.62 Å². The maximum atomic E-state index is 13.5. The van der Waals surface area contributed by atoms with Gasteiger partial charge in [-0.1, -0.05) is 41.7 Å². The van der Waals surface area contributed by atoms with Gasteiger partial charge in [0.2, 0.25) is 11.8 Å². The van der Waals surface area contributed by atoms with Gasteiger partial charge in [-0.25, -0.2) is 0 Å². The number of primary amides is 1. The molecule has 0 aromatic heterocycles. The molecule has 4 saturated carbocycles. The minimum absolute atomic E-state index is 0.0623. The Kier molecular flexibility index (Phi) is 6.49. The van der Waals surface area contributed by atoms with Gasteiger partial charge < -0.3 is 11.1 Å². The zero-order valence-electron chi connectivity index (χ0n) is 19.3. The minimum Gasteiger partial charge on any atom is -0.369 e. The molecule has 5 aliphatic rings. The highest BCUT2D eigenvalue weighted by atomic mass is 35.5. The summed E-state index contributed by atoms with van der Waals surface area (Å²) in [4.78, 5) is 25.3. The van der Waals surface area contributed by atoms with Crippen molar-refractivity contribution in [3.8, 4) is 0 Å². The lowest BCUT2D eigenvalue weighted by Gasteiger charge is -2.58. The summed E-state index contributed by atoms with van der Waals surface area (Å²) in [7, 11) is -4.05. The lowest BCUT2D eigenvalue weighted by molar-refractivity contribution is -0.147. The Morgan fingerprint density at radius 3 is 2.26 bits per heavy atom. The first-order valence-corrected chi connectivity index (χ1v) is 14.4. The molecule has 1 heterocycles. The van der Waals surface area contributed by atoms with Crippen molar-refractivity contribution in [2.45, 2.75) is 45.1 Å². The molecule has 4 unspecified atom stereocenters. The van der Waals surface area contributed by atoms with Gasteiger partial charge in [0, 0.05) is 29.6 Å². The monoisotopic (exact) mass is 562 g/mol. The van der Waals surface area contributed by atoms with Crippen LogP contribution < -0.4 is 15.4 Å². The van der Waals surface area contributed by atoms with Crippen LogP contribution in [0.3, 0.4) is 0 Å². The van der Waals surface area contributed by atoms with E-state index in [4.69, 9.17) is 40.5 Å². The van der Waals surface area contributed by atoms with Crippen LogP contribution in [-0.2, 0) is 19.8 Å². The Labute approximate surface area is 220 Å². The summed E-state index contributed by atoms with van der Waals surface area (Å²) in [6, 6.07) is 2.83. The van der Waals surface area contributed by atoms with Crippen molar-refractivity contribution in [3.63, 3.8) is 0 Å². The number of nitrogens with zero attached hydrogens (tertiary/aromatic N) is 2. The molecule has 6 rings (SSSR count). The standard InChI is InChI=1S/C23H29Cl3N4O4S/c1-12-9-29(35(33,34)30(10-12)21-17(25)4-16(24)5-18(21)26)11-19(31)28-20-14-2-13-3-15(20)8-23(6-13,7-14)22(27)32/h4-5,12-15,20H,2-3,6-11H2,1H3,(H2,27,32)(H,28,31)/t12?,13?,14-,15+,20?,23?. The minimum atomic E-state index is -4.05. The lowest BCUT2D eigenvalue weighted by Crippen LogP contribution is -2.63. The summed E-state index contributed by atoms with van der Waals surface area (Å²) in [6.45, 7) is 2.00. The van der Waals surface area contributed by atoms with E-state index in [0.29, 0.717) is 23.8 Å². The maximum Gasteiger partial charge on any atom is 0.304 e. The van der Waals surface area contributed by atoms with Gasteiger partial charge in [0.15, 0.2) is 0 Å². The van der Waals surface area contributed by atoms with E-state index in [1.807, 2.05) is 6.92 Å². The number of benzene rings is 1. The fourth-order valence-corrected chi connectivity index (χ4v) is 10.1. The van der Waals surface area contributed by atoms with Crippen molar-refractivity contribution in [2.24, 2.45) is 34.8 Å². The molecule has 2 amide bonds. The second kappa shape index (κ2) is 8.94. The van der Waals surface area contributed by atoms with Crippen LogP contribution >= 0.6 is 34.8 Å². The number of hydrogen-bond donors (Lipinski definition) is 2. The van der Waals surface area contributed by atoms with Gasteiger partial charge in [-0.05, 0) is 67.9 Å². The van der Waals surface area contributed by atoms with E-state index in [-0.39, 0.29) is 71.0 Å². The third kappa shape index (κ3) is 4.41. The molecule has 3 N–H and O–H groups in total. The predicted molar refractivity (Wildman–Crippen MR) is 136 cm³/mol. The van der Waals surface area contributed by atoms with E-state index in [9.17, 15) is 18.0 Å². The zero-order valence-corrected chi connectivity index (χ0v) is 22.4. The summed E-state index contributed by atoms with van der Waals surface area (Å²) in [5.74, 6) is 0.219. The Morgan fingerprint density at radius 1 is 1.09 bits per heavy atom. The number of anilines is 1. The normalized spacial score (nSPS) is 35.8. The fourth-order valence-electron chi connectivity index (χ4n) is 7.10. The molecule has 6 atom stereocenters. The van der Waals surface area contributed by atoms with Gasteiger partial charge in [-0.2, -0.15) is 12.7 Å². The van der Waals surface area contributed by atoms with E-state index in [2.05, 4.69) is 5.32 Å². The Balaban J connectivity index is 1.32. The topological polar surface area (TPSA) is 113 Å². The van der Waals surface area contributed by atoms with Crippen molar-refractivity contribution in [2.75, 3.05) is 23.9 Å². The highest BCUT2D eigenvalue weighted by molar-refractivity contribution is 7.90. The fraction of sp³-hybridized carbons (Fsp3) is 0.652. The number of hydrogen-bond acceptors (Lipinski definition) is 4. The number of nitrogens with two attached hydrogens (primary N) is 1. The summed E-state index contributed by atoms with van der Waals surface area (Å²) in [5, 5.41) is 3.67. The van der Waals surface area contributed by atoms with Gasteiger partial charge in [-0.15, -0.1) is 0 Å². The van der Waals surface area contributed by atoms with Crippen LogP contribution in [0.5, 0.6) is 0 Å². The molecule has 1 aliphatic heterocycles. The molecular weight excluding hydrogens is 535 g/mol. The van der Waals surface area contributed by atoms with Crippen LogP contribution in [0, 0.1) is 29.1 Å². The second-order valence-electron chi connectivity index (χ2n) is 10.9. The first kappa shape index (κ1) is 25.4. The van der Waals surface area contributed by atoms with E-state index in [0.717, 1.165) is 23.6 Å². The number of carbonyl (C=O) groups is 2. The van der Waals surface area contributed by atoms with Gasteiger partial charge in [-0.3, -0.25) is 13.9 Å². The number of halogens is 3. The molecule has 35 heavy (non-hydrogen) atoms. The number of nitrogens with one attached hydrogen (secondary N) is 1. The van der Waals surface area contributed by atoms with E-state index >= 15 is 0 Å². The smallest absolute Gasteiger partial charge is 0.304 e. The Morgan fingerprint density at radius 2 is 1.69 bits per heavy atom. The van der Waals surface area contributed by atoms with E-state index < -0.39 is 15.6 Å². The SMILES string of the molecule is CC1CN(CC(=O)NC2[C@@H]3CC4C[C@H]2CC(C(N)=O)(C4)C3)S(=O)(=O)N(c2c(Cl)cc(Cl)cc2Cl)C1. The van der Waals surface area contributed by atoms with Crippen molar-refractivity contribution in [3.05, 3.63) is 27.2 Å². The molecule has 4 aliphatic carbocycles. The average molecular weight is 564 g/mol. The van der Waals surface area contributed by atoms with Gasteiger partial charge in [0.05, 0.1) is 22.3 Å². The second-order valence-corrected chi connectivity index (χ2v) is 14.0. The quantitative estimate of drug-likeness (QED) is 0.571. The molecule has 1 aromatic rings. The van der Waals surface area contributed by atoms with Crippen LogP contribution in [0.4, 0.5) is 5.69 Å². The van der Waals surface area contributed by atoms with Crippen molar-refractivity contribution in [1.29, 1.82) is 0 Å². The van der Waals surface area contributed by atoms with Crippen LogP contribution in [0.2, 0.25) is 15.1 Å². The first-order valence-electron chi connectivity index (χ1n) is 11.9. The summed E-state index contributed by atoms with van der Waals surface area (Å²) < 4.78 is 29.4. The summed E-state index contributed by atoms with van der Waals surface area (Å²) in [6.07, 6.45) is 4.18. The molecule has 0 spiro atoms. The zero-order chi connectivity index (χ0) is 25.3. The molecule has 1 saturated heterocycles. The highest BCUT2D eigenvalue weighted by Gasteiger charge is 2.58. The van der Waals surface area contributed by atoms with Crippen LogP contribution in [0.1, 0.15) is 39.0 Å². The molecule has 1 aromatic carbocycles. The highest BCUT2D eigenvalue weighted by Crippen LogP contribution is 2.59. The number of rotatable bonds is 5. The van der Waals surface area contributed by atoms with Gasteiger partial charge >= 0.3 is 10.2 Å². The van der Waals surface area contributed by atoms with Crippen LogP contribution in [0.25, 0.3) is 0 Å². The average Bonchev–Trinajstić information content (AvgIpc) is 2.73. The van der Waals surface area contributed by atoms with Crippen molar-refractivity contribution >= 4 is 62.5 Å². The third-order valence-corrected chi connectivity index (χ3v) is 10.9. The molecule has 4 bridgehead atoms.